The highest BCUT2D eigenvalue weighted by Gasteiger charge is 2.28. The lowest BCUT2D eigenvalue weighted by molar-refractivity contribution is 0.454. The molecule has 2 rings (SSSR count). The highest BCUT2D eigenvalue weighted by molar-refractivity contribution is 7.91. The van der Waals surface area contributed by atoms with Crippen molar-refractivity contribution in [2.45, 2.75) is 36.6 Å². The molecule has 18 heavy (non-hydrogen) atoms. The van der Waals surface area contributed by atoms with E-state index in [-0.39, 0.29) is 16.6 Å². The molecular formula is C13H18FNO2S. The summed E-state index contributed by atoms with van der Waals surface area (Å²) < 4.78 is 37.7. The summed E-state index contributed by atoms with van der Waals surface area (Å²) >= 11 is 0. The lowest BCUT2D eigenvalue weighted by Gasteiger charge is -2.18. The third-order valence-electron chi connectivity index (χ3n) is 3.59. The second kappa shape index (κ2) is 5.36. The third-order valence-corrected chi connectivity index (χ3v) is 5.41. The maximum atomic E-state index is 13.5. The lowest BCUT2D eigenvalue weighted by Crippen LogP contribution is -2.36. The highest BCUT2D eigenvalue weighted by atomic mass is 32.2. The van der Waals surface area contributed by atoms with E-state index in [1.165, 1.54) is 18.2 Å². The maximum Gasteiger partial charge on any atom is 0.182 e. The Bertz CT molecular complexity index is 509. The minimum absolute atomic E-state index is 0.168. The lowest BCUT2D eigenvalue weighted by atomic mass is 10.0. The summed E-state index contributed by atoms with van der Waals surface area (Å²) in [6.07, 6.45) is 4.18. The van der Waals surface area contributed by atoms with Gasteiger partial charge in [0.25, 0.3) is 0 Å². The average molecular weight is 271 g/mol. The van der Waals surface area contributed by atoms with Gasteiger partial charge in [0.2, 0.25) is 0 Å². The first-order valence-corrected chi connectivity index (χ1v) is 7.89. The summed E-state index contributed by atoms with van der Waals surface area (Å²) in [6, 6.07) is 5.07. The standard InChI is InChI=1S/C13H18FNO2S/c14-11-7-3-4-8-13(11)18(16,17)9-12(15)10-5-1-2-6-10/h3-4,7-8,10,12H,1-2,5-6,9,15H2. The van der Waals surface area contributed by atoms with E-state index in [9.17, 15) is 12.8 Å². The van der Waals surface area contributed by atoms with Crippen LogP contribution in [0.25, 0.3) is 0 Å². The van der Waals surface area contributed by atoms with Crippen LogP contribution in [0, 0.1) is 11.7 Å². The largest absolute Gasteiger partial charge is 0.327 e. The summed E-state index contributed by atoms with van der Waals surface area (Å²) in [7, 11) is -3.63. The second-order valence-electron chi connectivity index (χ2n) is 4.92. The molecule has 0 spiro atoms. The molecule has 0 aliphatic heterocycles. The van der Waals surface area contributed by atoms with Gasteiger partial charge < -0.3 is 5.73 Å². The minimum Gasteiger partial charge on any atom is -0.327 e. The average Bonchev–Trinajstić information content (AvgIpc) is 2.82. The quantitative estimate of drug-likeness (QED) is 0.912. The molecule has 1 aliphatic carbocycles. The van der Waals surface area contributed by atoms with Gasteiger partial charge in [-0.3, -0.25) is 0 Å². The van der Waals surface area contributed by atoms with E-state index in [1.54, 1.807) is 0 Å². The number of hydrogen-bond acceptors (Lipinski definition) is 3. The second-order valence-corrected chi connectivity index (χ2v) is 6.92. The van der Waals surface area contributed by atoms with Crippen LogP contribution < -0.4 is 5.73 Å². The summed E-state index contributed by atoms with van der Waals surface area (Å²) in [5.74, 6) is -0.610. The fourth-order valence-corrected chi connectivity index (χ4v) is 4.17. The molecular weight excluding hydrogens is 253 g/mol. The Morgan fingerprint density at radius 2 is 1.89 bits per heavy atom. The van der Waals surface area contributed by atoms with Crippen LogP contribution in [0.15, 0.2) is 29.2 Å². The van der Waals surface area contributed by atoms with Crippen LogP contribution in [0.2, 0.25) is 0 Å². The van der Waals surface area contributed by atoms with E-state index in [4.69, 9.17) is 5.73 Å². The van der Waals surface area contributed by atoms with Gasteiger partial charge in [-0.05, 0) is 30.9 Å². The van der Waals surface area contributed by atoms with Gasteiger partial charge in [0.05, 0.1) is 5.75 Å². The Morgan fingerprint density at radius 1 is 1.28 bits per heavy atom. The van der Waals surface area contributed by atoms with Crippen molar-refractivity contribution in [1.82, 2.24) is 0 Å². The molecule has 2 N–H and O–H groups in total. The molecule has 1 unspecified atom stereocenters. The molecule has 1 aliphatic rings. The molecule has 0 bridgehead atoms. The zero-order valence-electron chi connectivity index (χ0n) is 10.2. The third kappa shape index (κ3) is 2.90. The van der Waals surface area contributed by atoms with Gasteiger partial charge in [-0.15, -0.1) is 0 Å². The van der Waals surface area contributed by atoms with Gasteiger partial charge in [0, 0.05) is 6.04 Å². The van der Waals surface area contributed by atoms with Gasteiger partial charge in [-0.1, -0.05) is 25.0 Å². The Balaban J connectivity index is 2.14. The Labute approximate surface area is 107 Å². The van der Waals surface area contributed by atoms with Crippen molar-refractivity contribution < 1.29 is 12.8 Å². The van der Waals surface area contributed by atoms with Crippen molar-refractivity contribution in [2.24, 2.45) is 11.7 Å². The Kier molecular flexibility index (Phi) is 4.02. The molecule has 0 radical (unpaired) electrons. The van der Waals surface area contributed by atoms with Gasteiger partial charge in [-0.25, -0.2) is 12.8 Å². The van der Waals surface area contributed by atoms with Crippen molar-refractivity contribution in [1.29, 1.82) is 0 Å². The fraction of sp³-hybridized carbons (Fsp3) is 0.538. The normalized spacial score (nSPS) is 19.0. The number of nitrogens with two attached hydrogens (primary N) is 1. The van der Waals surface area contributed by atoms with Gasteiger partial charge >= 0.3 is 0 Å². The molecule has 0 amide bonds. The van der Waals surface area contributed by atoms with Gasteiger partial charge in [0.15, 0.2) is 9.84 Å². The fourth-order valence-electron chi connectivity index (χ4n) is 2.56. The van der Waals surface area contributed by atoms with E-state index in [0.29, 0.717) is 0 Å². The van der Waals surface area contributed by atoms with Crippen LogP contribution in [0.3, 0.4) is 0 Å². The predicted octanol–water partition coefficient (Wildman–Crippen LogP) is 2.12. The SMILES string of the molecule is NC(CS(=O)(=O)c1ccccc1F)C1CCCC1. The van der Waals surface area contributed by atoms with E-state index < -0.39 is 21.7 Å². The van der Waals surface area contributed by atoms with Crippen LogP contribution >= 0.6 is 0 Å². The zero-order valence-corrected chi connectivity index (χ0v) is 11.0. The molecule has 0 aromatic heterocycles. The topological polar surface area (TPSA) is 60.2 Å². The zero-order chi connectivity index (χ0) is 13.2. The van der Waals surface area contributed by atoms with Crippen molar-refractivity contribution in [2.75, 3.05) is 5.75 Å². The molecule has 1 saturated carbocycles. The molecule has 0 saturated heterocycles. The molecule has 5 heteroatoms. The Morgan fingerprint density at radius 3 is 2.50 bits per heavy atom. The van der Waals surface area contributed by atoms with Gasteiger partial charge in [-0.2, -0.15) is 0 Å². The molecule has 0 heterocycles. The summed E-state index contributed by atoms with van der Waals surface area (Å²) in [5, 5.41) is 0. The first-order valence-electron chi connectivity index (χ1n) is 6.23. The molecule has 1 atom stereocenters. The van der Waals surface area contributed by atoms with Crippen molar-refractivity contribution >= 4 is 9.84 Å². The minimum atomic E-state index is -3.63. The number of halogens is 1. The summed E-state index contributed by atoms with van der Waals surface area (Å²) in [5.41, 5.74) is 5.95. The predicted molar refractivity (Wildman–Crippen MR) is 68.4 cm³/mol. The van der Waals surface area contributed by atoms with Crippen LogP contribution in [-0.2, 0) is 9.84 Å². The molecule has 100 valence electrons. The van der Waals surface area contributed by atoms with E-state index in [2.05, 4.69) is 0 Å². The molecule has 1 fully saturated rings. The maximum absolute atomic E-state index is 13.5. The van der Waals surface area contributed by atoms with Crippen LogP contribution in [0.5, 0.6) is 0 Å². The number of hydrogen-bond donors (Lipinski definition) is 1. The summed E-state index contributed by atoms with van der Waals surface area (Å²) in [4.78, 5) is -0.238. The van der Waals surface area contributed by atoms with Crippen molar-refractivity contribution in [3.8, 4) is 0 Å². The monoisotopic (exact) mass is 271 g/mol. The smallest absolute Gasteiger partial charge is 0.182 e. The molecule has 1 aromatic carbocycles. The van der Waals surface area contributed by atoms with Crippen molar-refractivity contribution in [3.05, 3.63) is 30.1 Å². The first-order chi connectivity index (χ1) is 8.50. The van der Waals surface area contributed by atoms with E-state index in [1.807, 2.05) is 0 Å². The van der Waals surface area contributed by atoms with E-state index in [0.717, 1.165) is 31.7 Å². The van der Waals surface area contributed by atoms with Crippen LogP contribution in [0.1, 0.15) is 25.7 Å². The van der Waals surface area contributed by atoms with E-state index >= 15 is 0 Å². The number of sulfone groups is 1. The molecule has 3 nitrogen and oxygen atoms in total. The highest BCUT2D eigenvalue weighted by Crippen LogP contribution is 2.28. The molecule has 1 aromatic rings. The van der Waals surface area contributed by atoms with Crippen molar-refractivity contribution in [3.63, 3.8) is 0 Å². The number of benzene rings is 1. The van der Waals surface area contributed by atoms with Gasteiger partial charge in [0.1, 0.15) is 10.7 Å². The number of rotatable bonds is 4. The summed E-state index contributed by atoms with van der Waals surface area (Å²) in [6.45, 7) is 0. The van der Waals surface area contributed by atoms with Crippen LogP contribution in [0.4, 0.5) is 4.39 Å². The Hall–Kier alpha value is -0.940. The van der Waals surface area contributed by atoms with Crippen LogP contribution in [-0.4, -0.2) is 20.2 Å². The first kappa shape index (κ1) is 13.5.